The average Bonchev–Trinajstić information content (AvgIpc) is 2.80. The molecule has 0 aliphatic carbocycles. The lowest BCUT2D eigenvalue weighted by Crippen LogP contribution is -2.59. The molecule has 1 aliphatic heterocycles. The Morgan fingerprint density at radius 3 is 2.21 bits per heavy atom. The van der Waals surface area contributed by atoms with Crippen LogP contribution in [0.1, 0.15) is 76.1 Å². The number of methoxy groups -OCH3 is 1. The molecule has 1 aliphatic rings. The summed E-state index contributed by atoms with van der Waals surface area (Å²) in [6, 6.07) is 1.63. The van der Waals surface area contributed by atoms with Gasteiger partial charge < -0.3 is 39.6 Å². The lowest BCUT2D eigenvalue weighted by Gasteiger charge is -2.40. The fraction of sp³-hybridized carbons (Fsp3) is 0.800. The van der Waals surface area contributed by atoms with Crippen LogP contribution >= 0.6 is 0 Å². The van der Waals surface area contributed by atoms with E-state index < -0.39 is 37.3 Å². The van der Waals surface area contributed by atoms with Gasteiger partial charge in [-0.05, 0) is 33.1 Å². The van der Waals surface area contributed by atoms with Crippen molar-refractivity contribution in [1.82, 2.24) is 4.98 Å². The zero-order valence-electron chi connectivity index (χ0n) is 20.7. The van der Waals surface area contributed by atoms with Crippen LogP contribution in [0.5, 0.6) is 5.75 Å². The molecular weight excluding hydrogens is 442 g/mol. The predicted octanol–water partition coefficient (Wildman–Crippen LogP) is 1.95. The SMILES string of the molecule is COc1c(C)[nH]c(CCCCCCCCCCC(C)OC2OC(CO)C(O)C(O)C2O)cc1=O. The van der Waals surface area contributed by atoms with Crippen LogP contribution in [0.4, 0.5) is 0 Å². The van der Waals surface area contributed by atoms with Crippen LogP contribution in [0.25, 0.3) is 0 Å². The van der Waals surface area contributed by atoms with E-state index in [2.05, 4.69) is 4.98 Å². The molecule has 0 spiro atoms. The summed E-state index contributed by atoms with van der Waals surface area (Å²) < 4.78 is 16.2. The van der Waals surface area contributed by atoms with Crippen LogP contribution in [-0.4, -0.2) is 75.9 Å². The molecule has 1 fully saturated rings. The van der Waals surface area contributed by atoms with Crippen LogP contribution in [0.2, 0.25) is 0 Å². The van der Waals surface area contributed by atoms with Crippen LogP contribution < -0.4 is 10.2 Å². The van der Waals surface area contributed by atoms with E-state index in [1.54, 1.807) is 6.07 Å². The maximum absolute atomic E-state index is 12.0. The number of H-pyrrole nitrogens is 1. The Kier molecular flexibility index (Phi) is 12.5. The fourth-order valence-electron chi connectivity index (χ4n) is 4.42. The smallest absolute Gasteiger partial charge is 0.223 e. The highest BCUT2D eigenvalue weighted by molar-refractivity contribution is 5.28. The maximum Gasteiger partial charge on any atom is 0.223 e. The zero-order chi connectivity index (χ0) is 25.1. The quantitative estimate of drug-likeness (QED) is 0.237. The van der Waals surface area contributed by atoms with Gasteiger partial charge in [-0.15, -0.1) is 0 Å². The van der Waals surface area contributed by atoms with E-state index in [-0.39, 0.29) is 11.5 Å². The third kappa shape index (κ3) is 8.62. The molecule has 0 aromatic carbocycles. The number of aromatic nitrogens is 1. The predicted molar refractivity (Wildman–Crippen MR) is 128 cm³/mol. The van der Waals surface area contributed by atoms with E-state index >= 15 is 0 Å². The minimum absolute atomic E-state index is 0.0679. The molecule has 0 radical (unpaired) electrons. The van der Waals surface area contributed by atoms with Crippen LogP contribution in [0.15, 0.2) is 10.9 Å². The van der Waals surface area contributed by atoms with Gasteiger partial charge in [-0.25, -0.2) is 0 Å². The molecule has 6 atom stereocenters. The number of pyridine rings is 1. The topological polar surface area (TPSA) is 141 Å². The summed E-state index contributed by atoms with van der Waals surface area (Å²) in [7, 11) is 1.51. The van der Waals surface area contributed by atoms with E-state index in [0.717, 1.165) is 56.3 Å². The Labute approximate surface area is 202 Å². The van der Waals surface area contributed by atoms with Gasteiger partial charge >= 0.3 is 0 Å². The number of aromatic amines is 1. The normalized spacial score (nSPS) is 25.9. The van der Waals surface area contributed by atoms with Gasteiger partial charge in [0.2, 0.25) is 5.43 Å². The highest BCUT2D eigenvalue weighted by Gasteiger charge is 2.44. The fourth-order valence-corrected chi connectivity index (χ4v) is 4.42. The second-order valence-electron chi connectivity index (χ2n) is 9.33. The van der Waals surface area contributed by atoms with Crippen molar-refractivity contribution < 1.29 is 34.6 Å². The lowest BCUT2D eigenvalue weighted by molar-refractivity contribution is -0.310. The molecule has 196 valence electrons. The first kappa shape index (κ1) is 28.7. The molecule has 1 saturated heterocycles. The second kappa shape index (κ2) is 14.8. The van der Waals surface area contributed by atoms with E-state index in [1.165, 1.54) is 26.4 Å². The number of unbranched alkanes of at least 4 members (excludes halogenated alkanes) is 7. The number of rotatable bonds is 15. The molecule has 2 rings (SSSR count). The molecule has 0 saturated carbocycles. The summed E-state index contributed by atoms with van der Waals surface area (Å²) in [6.45, 7) is 3.28. The lowest BCUT2D eigenvalue weighted by atomic mass is 9.99. The molecule has 6 unspecified atom stereocenters. The molecule has 0 amide bonds. The van der Waals surface area contributed by atoms with Crippen LogP contribution in [0.3, 0.4) is 0 Å². The number of ether oxygens (including phenoxy) is 3. The van der Waals surface area contributed by atoms with Crippen LogP contribution in [-0.2, 0) is 15.9 Å². The van der Waals surface area contributed by atoms with Crippen molar-refractivity contribution in [3.63, 3.8) is 0 Å². The minimum Gasteiger partial charge on any atom is -0.491 e. The zero-order valence-corrected chi connectivity index (χ0v) is 20.7. The highest BCUT2D eigenvalue weighted by Crippen LogP contribution is 2.24. The molecule has 34 heavy (non-hydrogen) atoms. The Morgan fingerprint density at radius 1 is 1.00 bits per heavy atom. The number of aliphatic hydroxyl groups is 4. The highest BCUT2D eigenvalue weighted by atomic mass is 16.7. The van der Waals surface area contributed by atoms with Gasteiger partial charge in [0.25, 0.3) is 0 Å². The summed E-state index contributed by atoms with van der Waals surface area (Å²) in [5.41, 5.74) is 1.67. The Bertz CT molecular complexity index is 768. The first-order chi connectivity index (χ1) is 16.3. The number of nitrogens with one attached hydrogen (secondary N) is 1. The van der Waals surface area contributed by atoms with Gasteiger partial charge in [-0.2, -0.15) is 0 Å². The Balaban J connectivity index is 1.51. The van der Waals surface area contributed by atoms with Crippen molar-refractivity contribution in [3.05, 3.63) is 27.7 Å². The summed E-state index contributed by atoms with van der Waals surface area (Å²) in [5.74, 6) is 0.388. The number of aliphatic hydroxyl groups excluding tert-OH is 4. The van der Waals surface area contributed by atoms with E-state index in [4.69, 9.17) is 14.2 Å². The molecule has 9 heteroatoms. The number of aryl methyl sites for hydroxylation is 2. The molecule has 1 aromatic heterocycles. The average molecular weight is 486 g/mol. The van der Waals surface area contributed by atoms with Crippen molar-refractivity contribution in [2.45, 2.75) is 115 Å². The van der Waals surface area contributed by atoms with Gasteiger partial charge in [0.05, 0.1) is 25.5 Å². The molecule has 1 aromatic rings. The van der Waals surface area contributed by atoms with Crippen molar-refractivity contribution in [1.29, 1.82) is 0 Å². The molecular formula is C25H43NO8. The number of hydrogen-bond donors (Lipinski definition) is 5. The van der Waals surface area contributed by atoms with Gasteiger partial charge in [0, 0.05) is 11.8 Å². The Morgan fingerprint density at radius 2 is 1.62 bits per heavy atom. The van der Waals surface area contributed by atoms with Crippen LogP contribution in [0, 0.1) is 6.92 Å². The molecule has 5 N–H and O–H groups in total. The van der Waals surface area contributed by atoms with Gasteiger partial charge in [0.15, 0.2) is 12.0 Å². The molecule has 9 nitrogen and oxygen atoms in total. The monoisotopic (exact) mass is 485 g/mol. The molecule has 2 heterocycles. The van der Waals surface area contributed by atoms with E-state index in [1.807, 2.05) is 13.8 Å². The van der Waals surface area contributed by atoms with Crippen molar-refractivity contribution in [3.8, 4) is 5.75 Å². The maximum atomic E-state index is 12.0. The Hall–Kier alpha value is -1.49. The standard InChI is InChI=1S/C25H43NO8/c1-16(33-25-23(31)22(30)21(29)20(15-27)34-25)12-10-8-6-4-5-7-9-11-13-18-14-19(28)24(32-3)17(2)26-18/h14,16,20-23,25,27,29-31H,4-13,15H2,1-3H3,(H,26,28). The summed E-state index contributed by atoms with van der Waals surface area (Å²) in [4.78, 5) is 15.2. The summed E-state index contributed by atoms with van der Waals surface area (Å²) in [5, 5.41) is 39.0. The minimum atomic E-state index is -1.41. The van der Waals surface area contributed by atoms with Crippen molar-refractivity contribution >= 4 is 0 Å². The largest absolute Gasteiger partial charge is 0.491 e. The summed E-state index contributed by atoms with van der Waals surface area (Å²) in [6.07, 6.45) is 4.32. The first-order valence-electron chi connectivity index (χ1n) is 12.5. The van der Waals surface area contributed by atoms with Gasteiger partial charge in [-0.1, -0.05) is 44.9 Å². The van der Waals surface area contributed by atoms with Gasteiger partial charge in [-0.3, -0.25) is 4.79 Å². The van der Waals surface area contributed by atoms with Crippen molar-refractivity contribution in [2.24, 2.45) is 0 Å². The third-order valence-corrected chi connectivity index (χ3v) is 6.44. The third-order valence-electron chi connectivity index (χ3n) is 6.44. The van der Waals surface area contributed by atoms with E-state index in [9.17, 15) is 25.2 Å². The van der Waals surface area contributed by atoms with Crippen molar-refractivity contribution in [2.75, 3.05) is 13.7 Å². The van der Waals surface area contributed by atoms with E-state index in [0.29, 0.717) is 5.75 Å². The second-order valence-corrected chi connectivity index (χ2v) is 9.33. The van der Waals surface area contributed by atoms with Gasteiger partial charge in [0.1, 0.15) is 24.4 Å². The number of hydrogen-bond acceptors (Lipinski definition) is 8. The molecule has 0 bridgehead atoms. The summed E-state index contributed by atoms with van der Waals surface area (Å²) >= 11 is 0. The first-order valence-corrected chi connectivity index (χ1v) is 12.5.